The fourth-order valence-corrected chi connectivity index (χ4v) is 3.10. The van der Waals surface area contributed by atoms with Crippen LogP contribution in [0.4, 0.5) is 0 Å². The molecular weight excluding hydrogens is 254 g/mol. The molecule has 0 bridgehead atoms. The Balaban J connectivity index is 1.87. The SMILES string of the molecule is COc1cc(C2(C(=O)N3CC[C@@H](O)C3)CC2)ccc1C. The molecule has 0 spiro atoms. The van der Waals surface area contributed by atoms with E-state index in [9.17, 15) is 9.90 Å². The molecule has 3 rings (SSSR count). The van der Waals surface area contributed by atoms with Crippen LogP contribution in [0.1, 0.15) is 30.4 Å². The molecule has 1 saturated heterocycles. The summed E-state index contributed by atoms with van der Waals surface area (Å²) in [6.45, 7) is 3.15. The van der Waals surface area contributed by atoms with E-state index in [1.807, 2.05) is 30.0 Å². The third-order valence-electron chi connectivity index (χ3n) is 4.57. The molecule has 4 heteroatoms. The number of aliphatic hydroxyl groups excluding tert-OH is 1. The van der Waals surface area contributed by atoms with Gasteiger partial charge in [-0.3, -0.25) is 4.79 Å². The van der Waals surface area contributed by atoms with Gasteiger partial charge in [0.1, 0.15) is 5.75 Å². The third-order valence-corrected chi connectivity index (χ3v) is 4.57. The Bertz CT molecular complexity index is 537. The van der Waals surface area contributed by atoms with Crippen molar-refractivity contribution in [3.63, 3.8) is 0 Å². The third kappa shape index (κ3) is 2.08. The molecule has 1 heterocycles. The summed E-state index contributed by atoms with van der Waals surface area (Å²) in [7, 11) is 1.66. The zero-order chi connectivity index (χ0) is 14.3. The van der Waals surface area contributed by atoms with Crippen LogP contribution in [0.2, 0.25) is 0 Å². The maximum Gasteiger partial charge on any atom is 0.233 e. The quantitative estimate of drug-likeness (QED) is 0.912. The van der Waals surface area contributed by atoms with Gasteiger partial charge in [0.05, 0.1) is 18.6 Å². The lowest BCUT2D eigenvalue weighted by molar-refractivity contribution is -0.133. The molecular formula is C16H21NO3. The Hall–Kier alpha value is -1.55. The van der Waals surface area contributed by atoms with Gasteiger partial charge in [-0.25, -0.2) is 0 Å². The fourth-order valence-electron chi connectivity index (χ4n) is 3.10. The molecule has 1 amide bonds. The van der Waals surface area contributed by atoms with Crippen molar-refractivity contribution in [2.24, 2.45) is 0 Å². The molecule has 0 unspecified atom stereocenters. The summed E-state index contributed by atoms with van der Waals surface area (Å²) in [6, 6.07) is 6.04. The first-order valence-electron chi connectivity index (χ1n) is 7.19. The molecule has 108 valence electrons. The van der Waals surface area contributed by atoms with Gasteiger partial charge in [-0.15, -0.1) is 0 Å². The van der Waals surface area contributed by atoms with E-state index in [-0.39, 0.29) is 17.4 Å². The van der Waals surface area contributed by atoms with Gasteiger partial charge in [0.15, 0.2) is 0 Å². The van der Waals surface area contributed by atoms with Gasteiger partial charge in [0.25, 0.3) is 0 Å². The number of hydrogen-bond donors (Lipinski definition) is 1. The topological polar surface area (TPSA) is 49.8 Å². The van der Waals surface area contributed by atoms with Crippen LogP contribution in [0.5, 0.6) is 5.75 Å². The number of hydrogen-bond acceptors (Lipinski definition) is 3. The monoisotopic (exact) mass is 275 g/mol. The molecule has 1 saturated carbocycles. The van der Waals surface area contributed by atoms with Crippen molar-refractivity contribution in [3.05, 3.63) is 29.3 Å². The summed E-state index contributed by atoms with van der Waals surface area (Å²) in [6.07, 6.45) is 2.12. The number of carbonyl (C=O) groups excluding carboxylic acids is 1. The van der Waals surface area contributed by atoms with Gasteiger partial charge in [0, 0.05) is 13.1 Å². The number of ether oxygens (including phenoxy) is 1. The van der Waals surface area contributed by atoms with Crippen molar-refractivity contribution in [3.8, 4) is 5.75 Å². The number of likely N-dealkylation sites (tertiary alicyclic amines) is 1. The highest BCUT2D eigenvalue weighted by Gasteiger charge is 2.53. The second-order valence-electron chi connectivity index (χ2n) is 5.96. The summed E-state index contributed by atoms with van der Waals surface area (Å²) >= 11 is 0. The number of amides is 1. The number of β-amino-alcohol motifs (C(OH)–C–C–N with tert-alkyl or cyclic N) is 1. The van der Waals surface area contributed by atoms with Gasteiger partial charge in [-0.05, 0) is 43.4 Å². The number of nitrogens with zero attached hydrogens (tertiary/aromatic N) is 1. The Labute approximate surface area is 119 Å². The molecule has 20 heavy (non-hydrogen) atoms. The van der Waals surface area contributed by atoms with Crippen LogP contribution in [-0.4, -0.2) is 42.2 Å². The van der Waals surface area contributed by atoms with Crippen molar-refractivity contribution < 1.29 is 14.6 Å². The standard InChI is InChI=1S/C16H21NO3/c1-11-3-4-12(9-14(11)20-2)16(6-7-16)15(19)17-8-5-13(18)10-17/h3-4,9,13,18H,5-8,10H2,1-2H3/t13-/m1/s1. The molecule has 1 aromatic rings. The van der Waals surface area contributed by atoms with Crippen molar-refractivity contribution in [2.45, 2.75) is 37.7 Å². The van der Waals surface area contributed by atoms with Gasteiger partial charge >= 0.3 is 0 Å². The first kappa shape index (κ1) is 13.4. The molecule has 0 radical (unpaired) electrons. The Morgan fingerprint density at radius 2 is 2.20 bits per heavy atom. The van der Waals surface area contributed by atoms with Crippen LogP contribution in [0.15, 0.2) is 18.2 Å². The first-order valence-corrected chi connectivity index (χ1v) is 7.19. The minimum absolute atomic E-state index is 0.167. The lowest BCUT2D eigenvalue weighted by Crippen LogP contribution is -2.38. The maximum absolute atomic E-state index is 12.7. The van der Waals surface area contributed by atoms with Crippen LogP contribution >= 0.6 is 0 Å². The van der Waals surface area contributed by atoms with Gasteiger partial charge in [-0.2, -0.15) is 0 Å². The van der Waals surface area contributed by atoms with Crippen LogP contribution in [0.25, 0.3) is 0 Å². The Kier molecular flexibility index (Phi) is 3.21. The van der Waals surface area contributed by atoms with Crippen LogP contribution < -0.4 is 4.74 Å². The molecule has 1 aliphatic carbocycles. The lowest BCUT2D eigenvalue weighted by Gasteiger charge is -2.23. The molecule has 4 nitrogen and oxygen atoms in total. The van der Waals surface area contributed by atoms with E-state index >= 15 is 0 Å². The normalized spacial score (nSPS) is 23.8. The minimum atomic E-state index is -0.370. The number of methoxy groups -OCH3 is 1. The summed E-state index contributed by atoms with van der Waals surface area (Å²) in [4.78, 5) is 14.5. The van der Waals surface area contributed by atoms with Crippen molar-refractivity contribution in [1.82, 2.24) is 4.90 Å². The smallest absolute Gasteiger partial charge is 0.233 e. The van der Waals surface area contributed by atoms with Crippen LogP contribution in [0, 0.1) is 6.92 Å². The lowest BCUT2D eigenvalue weighted by atomic mass is 9.93. The van der Waals surface area contributed by atoms with E-state index in [1.54, 1.807) is 7.11 Å². The predicted molar refractivity (Wildman–Crippen MR) is 75.8 cm³/mol. The molecule has 1 aromatic carbocycles. The average molecular weight is 275 g/mol. The highest BCUT2D eigenvalue weighted by molar-refractivity contribution is 5.91. The molecule has 1 N–H and O–H groups in total. The predicted octanol–water partition coefficient (Wildman–Crippen LogP) is 1.63. The summed E-state index contributed by atoms with van der Waals surface area (Å²) in [5.41, 5.74) is 1.76. The molecule has 1 atom stereocenters. The number of carbonyl (C=O) groups is 1. The van der Waals surface area contributed by atoms with Gasteiger partial charge < -0.3 is 14.7 Å². The number of aliphatic hydroxyl groups is 1. The first-order chi connectivity index (χ1) is 9.56. The zero-order valence-corrected chi connectivity index (χ0v) is 12.1. The molecule has 2 aliphatic rings. The van der Waals surface area contributed by atoms with Crippen molar-refractivity contribution in [2.75, 3.05) is 20.2 Å². The summed E-state index contributed by atoms with van der Waals surface area (Å²) in [5, 5.41) is 9.61. The second kappa shape index (κ2) is 4.77. The summed E-state index contributed by atoms with van der Waals surface area (Å²) < 4.78 is 5.37. The zero-order valence-electron chi connectivity index (χ0n) is 12.1. The van der Waals surface area contributed by atoms with E-state index < -0.39 is 0 Å². The molecule has 2 fully saturated rings. The van der Waals surface area contributed by atoms with Crippen molar-refractivity contribution >= 4 is 5.91 Å². The highest BCUT2D eigenvalue weighted by atomic mass is 16.5. The average Bonchev–Trinajstić information content (AvgIpc) is 3.15. The van der Waals surface area contributed by atoms with E-state index in [2.05, 4.69) is 0 Å². The number of benzene rings is 1. The van der Waals surface area contributed by atoms with E-state index in [4.69, 9.17) is 4.74 Å². The highest BCUT2D eigenvalue weighted by Crippen LogP contribution is 2.50. The summed E-state index contributed by atoms with van der Waals surface area (Å²) in [5.74, 6) is 1.00. The Morgan fingerprint density at radius 3 is 2.75 bits per heavy atom. The number of aryl methyl sites for hydroxylation is 1. The minimum Gasteiger partial charge on any atom is -0.496 e. The van der Waals surface area contributed by atoms with Gasteiger partial charge in [-0.1, -0.05) is 12.1 Å². The fraction of sp³-hybridized carbons (Fsp3) is 0.562. The number of rotatable bonds is 3. The molecule has 0 aromatic heterocycles. The van der Waals surface area contributed by atoms with E-state index in [0.29, 0.717) is 19.5 Å². The van der Waals surface area contributed by atoms with Gasteiger partial charge in [0.2, 0.25) is 5.91 Å². The van der Waals surface area contributed by atoms with E-state index in [0.717, 1.165) is 29.7 Å². The second-order valence-corrected chi connectivity index (χ2v) is 5.96. The maximum atomic E-state index is 12.7. The van der Waals surface area contributed by atoms with Crippen molar-refractivity contribution in [1.29, 1.82) is 0 Å². The van der Waals surface area contributed by atoms with Crippen LogP contribution in [0.3, 0.4) is 0 Å². The largest absolute Gasteiger partial charge is 0.496 e. The Morgan fingerprint density at radius 1 is 1.45 bits per heavy atom. The molecule has 1 aliphatic heterocycles. The van der Waals surface area contributed by atoms with Crippen LogP contribution in [-0.2, 0) is 10.2 Å². The van der Waals surface area contributed by atoms with E-state index in [1.165, 1.54) is 0 Å².